The topological polar surface area (TPSA) is 25.8 Å². The van der Waals surface area contributed by atoms with Crippen LogP contribution in [0.25, 0.3) is 77.2 Å². The summed E-state index contributed by atoms with van der Waals surface area (Å²) in [7, 11) is 0. The van der Waals surface area contributed by atoms with E-state index in [4.69, 9.17) is 0 Å². The van der Waals surface area contributed by atoms with Gasteiger partial charge in [0.05, 0.1) is 0 Å². The van der Waals surface area contributed by atoms with E-state index >= 15 is 0 Å². The van der Waals surface area contributed by atoms with Crippen molar-refractivity contribution in [3.05, 3.63) is 169 Å². The van der Waals surface area contributed by atoms with Crippen molar-refractivity contribution in [1.82, 2.24) is 9.97 Å². The number of fused-ring (bicyclic) bond motifs is 2. The zero-order valence-electron chi connectivity index (χ0n) is 25.9. The Morgan fingerprint density at radius 1 is 0.326 bits per heavy atom. The Kier molecular flexibility index (Phi) is 6.96. The summed E-state index contributed by atoms with van der Waals surface area (Å²) in [6.45, 7) is 4.16. The molecule has 0 saturated carbocycles. The summed E-state index contributed by atoms with van der Waals surface area (Å²) in [5.41, 5.74) is 14.0. The van der Waals surface area contributed by atoms with Gasteiger partial charge in [-0.15, -0.1) is 0 Å². The van der Waals surface area contributed by atoms with Crippen molar-refractivity contribution in [2.24, 2.45) is 0 Å². The Labute approximate surface area is 269 Å². The van der Waals surface area contributed by atoms with Gasteiger partial charge in [0.15, 0.2) is 0 Å². The first-order chi connectivity index (χ1) is 22.7. The van der Waals surface area contributed by atoms with Crippen LogP contribution in [0, 0.1) is 13.8 Å². The van der Waals surface area contributed by atoms with Gasteiger partial charge in [-0.2, -0.15) is 0 Å². The third-order valence-corrected chi connectivity index (χ3v) is 9.07. The van der Waals surface area contributed by atoms with Crippen LogP contribution in [0.5, 0.6) is 0 Å². The molecule has 0 aliphatic carbocycles. The van der Waals surface area contributed by atoms with E-state index in [9.17, 15) is 0 Å². The summed E-state index contributed by atoms with van der Waals surface area (Å²) in [6, 6.07) is 52.7. The van der Waals surface area contributed by atoms with Gasteiger partial charge in [0.1, 0.15) is 0 Å². The Morgan fingerprint density at radius 2 is 0.804 bits per heavy atom. The monoisotopic (exact) mass is 588 g/mol. The highest BCUT2D eigenvalue weighted by Gasteiger charge is 2.19. The molecule has 0 amide bonds. The van der Waals surface area contributed by atoms with E-state index < -0.39 is 0 Å². The molecule has 0 spiro atoms. The summed E-state index contributed by atoms with van der Waals surface area (Å²) in [4.78, 5) is 9.15. The third-order valence-electron chi connectivity index (χ3n) is 9.07. The number of rotatable bonds is 5. The van der Waals surface area contributed by atoms with Crippen molar-refractivity contribution in [3.8, 4) is 55.6 Å². The molecule has 0 unspecified atom stereocenters. The molecular formula is C44H32N2. The molecule has 0 fully saturated rings. The lowest BCUT2D eigenvalue weighted by Crippen LogP contribution is -1.93. The molecule has 46 heavy (non-hydrogen) atoms. The maximum absolute atomic E-state index is 4.58. The maximum atomic E-state index is 4.58. The van der Waals surface area contributed by atoms with Gasteiger partial charge < -0.3 is 0 Å². The van der Waals surface area contributed by atoms with Gasteiger partial charge in [-0.25, -0.2) is 0 Å². The molecule has 0 atom stereocenters. The van der Waals surface area contributed by atoms with Crippen LogP contribution in [-0.4, -0.2) is 9.97 Å². The Balaban J connectivity index is 1.45. The molecule has 0 aliphatic heterocycles. The van der Waals surface area contributed by atoms with Crippen LogP contribution in [0.1, 0.15) is 11.4 Å². The van der Waals surface area contributed by atoms with Crippen LogP contribution in [0.2, 0.25) is 0 Å². The zero-order chi connectivity index (χ0) is 31.0. The van der Waals surface area contributed by atoms with Gasteiger partial charge in [0.25, 0.3) is 0 Å². The number of aryl methyl sites for hydroxylation is 2. The molecule has 0 saturated heterocycles. The highest BCUT2D eigenvalue weighted by Crippen LogP contribution is 2.46. The maximum Gasteiger partial charge on any atom is 0.0450 e. The van der Waals surface area contributed by atoms with Gasteiger partial charge in [-0.3, -0.25) is 9.97 Å². The molecule has 0 bridgehead atoms. The second-order valence-electron chi connectivity index (χ2n) is 11.9. The summed E-state index contributed by atoms with van der Waals surface area (Å²) in [5.74, 6) is 0. The predicted octanol–water partition coefficient (Wildman–Crippen LogP) is 11.7. The summed E-state index contributed by atoms with van der Waals surface area (Å²) >= 11 is 0. The van der Waals surface area contributed by atoms with E-state index in [1.54, 1.807) is 0 Å². The lowest BCUT2D eigenvalue weighted by atomic mass is 9.84. The first-order valence-electron chi connectivity index (χ1n) is 15.7. The third kappa shape index (κ3) is 4.85. The minimum Gasteiger partial charge on any atom is -0.261 e. The van der Waals surface area contributed by atoms with E-state index in [2.05, 4.69) is 157 Å². The standard InChI is InChI=1S/C44H32N2/c1-29-37(20-10-24-45-29)33-14-8-16-35(26-33)43-39-18-6-7-19-40(39)44(36-17-9-15-34(27-36)38-21-11-25-46-30(38)2)42-28-32(22-23-41(42)43)31-12-4-3-5-13-31/h3-28H,1-2H3. The van der Waals surface area contributed by atoms with E-state index in [1.165, 1.54) is 66.1 Å². The van der Waals surface area contributed by atoms with E-state index in [0.717, 1.165) is 22.5 Å². The minimum atomic E-state index is 1.03. The average molecular weight is 589 g/mol. The molecule has 218 valence electrons. The van der Waals surface area contributed by atoms with Crippen LogP contribution in [0.15, 0.2) is 158 Å². The lowest BCUT2D eigenvalue weighted by molar-refractivity contribution is 1.20. The van der Waals surface area contributed by atoms with Gasteiger partial charge in [-0.05, 0) is 110 Å². The molecule has 2 heteroatoms. The molecule has 2 heterocycles. The highest BCUT2D eigenvalue weighted by atomic mass is 14.7. The molecular weight excluding hydrogens is 556 g/mol. The Bertz CT molecular complexity index is 2390. The zero-order valence-corrected chi connectivity index (χ0v) is 25.9. The van der Waals surface area contributed by atoms with E-state index in [1.807, 2.05) is 24.5 Å². The molecule has 2 nitrogen and oxygen atoms in total. The summed E-state index contributed by atoms with van der Waals surface area (Å²) in [5, 5.41) is 4.94. The van der Waals surface area contributed by atoms with Crippen molar-refractivity contribution in [1.29, 1.82) is 0 Å². The SMILES string of the molecule is Cc1ncccc1-c1cccc(-c2c3ccccc3c(-c3cccc(-c4cccnc4C)c3)c3cc(-c4ccccc4)ccc23)c1. The number of hydrogen-bond donors (Lipinski definition) is 0. The molecule has 8 rings (SSSR count). The van der Waals surface area contributed by atoms with Crippen LogP contribution >= 0.6 is 0 Å². The second kappa shape index (κ2) is 11.6. The Morgan fingerprint density at radius 3 is 1.37 bits per heavy atom. The quantitative estimate of drug-likeness (QED) is 0.187. The second-order valence-corrected chi connectivity index (χ2v) is 11.9. The fourth-order valence-electron chi connectivity index (χ4n) is 6.87. The van der Waals surface area contributed by atoms with Gasteiger partial charge in [0.2, 0.25) is 0 Å². The van der Waals surface area contributed by atoms with Crippen LogP contribution in [0.3, 0.4) is 0 Å². The first kappa shape index (κ1) is 27.7. The van der Waals surface area contributed by atoms with Gasteiger partial charge in [-0.1, -0.05) is 115 Å². The molecule has 0 N–H and O–H groups in total. The molecule has 0 aliphatic rings. The van der Waals surface area contributed by atoms with Crippen LogP contribution < -0.4 is 0 Å². The number of pyridine rings is 2. The number of benzene rings is 6. The first-order valence-corrected chi connectivity index (χ1v) is 15.7. The largest absolute Gasteiger partial charge is 0.261 e. The smallest absolute Gasteiger partial charge is 0.0450 e. The lowest BCUT2D eigenvalue weighted by Gasteiger charge is -2.20. The summed E-state index contributed by atoms with van der Waals surface area (Å²) < 4.78 is 0. The van der Waals surface area contributed by atoms with Crippen molar-refractivity contribution < 1.29 is 0 Å². The minimum absolute atomic E-state index is 1.03. The number of aromatic nitrogens is 2. The van der Waals surface area contributed by atoms with E-state index in [-0.39, 0.29) is 0 Å². The normalized spacial score (nSPS) is 11.3. The van der Waals surface area contributed by atoms with Gasteiger partial charge >= 0.3 is 0 Å². The van der Waals surface area contributed by atoms with Gasteiger partial charge in [0, 0.05) is 34.9 Å². The predicted molar refractivity (Wildman–Crippen MR) is 194 cm³/mol. The molecule has 6 aromatic carbocycles. The fourth-order valence-corrected chi connectivity index (χ4v) is 6.87. The van der Waals surface area contributed by atoms with E-state index in [0.29, 0.717) is 0 Å². The van der Waals surface area contributed by atoms with Crippen molar-refractivity contribution in [2.75, 3.05) is 0 Å². The van der Waals surface area contributed by atoms with Crippen LogP contribution in [-0.2, 0) is 0 Å². The molecule has 2 aromatic heterocycles. The molecule has 0 radical (unpaired) electrons. The molecule has 8 aromatic rings. The summed E-state index contributed by atoms with van der Waals surface area (Å²) in [6.07, 6.45) is 3.72. The van der Waals surface area contributed by atoms with Crippen molar-refractivity contribution in [3.63, 3.8) is 0 Å². The average Bonchev–Trinajstić information content (AvgIpc) is 3.11. The number of nitrogens with zero attached hydrogens (tertiary/aromatic N) is 2. The highest BCUT2D eigenvalue weighted by molar-refractivity contribution is 6.22. The fraction of sp³-hybridized carbons (Fsp3) is 0.0455. The van der Waals surface area contributed by atoms with Crippen LogP contribution in [0.4, 0.5) is 0 Å². The van der Waals surface area contributed by atoms with Crippen molar-refractivity contribution in [2.45, 2.75) is 13.8 Å². The van der Waals surface area contributed by atoms with Crippen molar-refractivity contribution >= 4 is 21.5 Å². The Hall–Kier alpha value is -5.86. The number of hydrogen-bond acceptors (Lipinski definition) is 2.